The monoisotopic (exact) mass is 389 g/mol. The number of ether oxygens (including phenoxy) is 1. The van der Waals surface area contributed by atoms with Crippen molar-refractivity contribution in [3.05, 3.63) is 23.5 Å². The van der Waals surface area contributed by atoms with Gasteiger partial charge in [0.15, 0.2) is 18.3 Å². The van der Waals surface area contributed by atoms with Gasteiger partial charge in [-0.3, -0.25) is 14.7 Å². The van der Waals surface area contributed by atoms with Crippen LogP contribution in [-0.4, -0.2) is 65.9 Å². The Labute approximate surface area is 161 Å². The number of halogens is 1. The number of aliphatic imine (C=N–C) groups is 2. The summed E-state index contributed by atoms with van der Waals surface area (Å²) < 4.78 is 5.70. The minimum Gasteiger partial charge on any atom is -0.469 e. The van der Waals surface area contributed by atoms with E-state index in [4.69, 9.17) is 16.3 Å². The molecular weight excluding hydrogens is 370 g/mol. The highest BCUT2D eigenvalue weighted by molar-refractivity contribution is 6.21. The Kier molecular flexibility index (Phi) is 4.73. The summed E-state index contributed by atoms with van der Waals surface area (Å²) in [6.07, 6.45) is 5.21. The third kappa shape index (κ3) is 3.49. The van der Waals surface area contributed by atoms with Crippen LogP contribution in [0.1, 0.15) is 23.8 Å². The van der Waals surface area contributed by atoms with Crippen molar-refractivity contribution in [3.8, 4) is 5.75 Å². The molecule has 2 atom stereocenters. The first kappa shape index (κ1) is 17.8. The second-order valence-corrected chi connectivity index (χ2v) is 7.49. The number of amides is 1. The van der Waals surface area contributed by atoms with Crippen molar-refractivity contribution in [2.75, 3.05) is 31.3 Å². The van der Waals surface area contributed by atoms with Gasteiger partial charge in [0.25, 0.3) is 5.91 Å². The van der Waals surface area contributed by atoms with Crippen molar-refractivity contribution in [3.63, 3.8) is 0 Å². The van der Waals surface area contributed by atoms with Gasteiger partial charge in [-0.1, -0.05) is 6.92 Å². The fourth-order valence-corrected chi connectivity index (χ4v) is 3.44. The number of nitrogens with zero attached hydrogens (tertiary/aromatic N) is 4. The molecule has 1 aromatic rings. The minimum atomic E-state index is -0.137. The summed E-state index contributed by atoms with van der Waals surface area (Å²) in [6, 6.07) is 1.73. The number of likely N-dealkylation sites (tertiary alicyclic amines) is 1. The SMILES string of the molecule is CC(C=O)C/N=C1/C=C(N2COc3cc(C(=O)N4CCC(Cl)C4)[nH]c32)C=N1. The number of anilines is 1. The van der Waals surface area contributed by atoms with Gasteiger partial charge in [-0.15, -0.1) is 11.6 Å². The molecule has 0 radical (unpaired) electrons. The third-order valence-electron chi connectivity index (χ3n) is 4.72. The molecule has 9 heteroatoms. The minimum absolute atomic E-state index is 0.0167. The van der Waals surface area contributed by atoms with Crippen LogP contribution in [0.3, 0.4) is 0 Å². The number of carbonyl (C=O) groups is 2. The van der Waals surface area contributed by atoms with Crippen molar-refractivity contribution in [2.24, 2.45) is 15.9 Å². The van der Waals surface area contributed by atoms with Gasteiger partial charge in [0, 0.05) is 31.1 Å². The smallest absolute Gasteiger partial charge is 0.270 e. The first-order valence-electron chi connectivity index (χ1n) is 8.87. The molecule has 1 fully saturated rings. The molecule has 0 bridgehead atoms. The Morgan fingerprint density at radius 3 is 3.19 bits per heavy atom. The first-order valence-corrected chi connectivity index (χ1v) is 9.31. The van der Waals surface area contributed by atoms with Crippen LogP contribution in [0.2, 0.25) is 0 Å². The van der Waals surface area contributed by atoms with Crippen LogP contribution in [0.15, 0.2) is 27.8 Å². The van der Waals surface area contributed by atoms with Crippen molar-refractivity contribution in [1.82, 2.24) is 9.88 Å². The van der Waals surface area contributed by atoms with E-state index in [0.29, 0.717) is 43.6 Å². The van der Waals surface area contributed by atoms with E-state index in [0.717, 1.165) is 24.2 Å². The lowest BCUT2D eigenvalue weighted by molar-refractivity contribution is -0.110. The van der Waals surface area contributed by atoms with Crippen LogP contribution in [0.4, 0.5) is 5.82 Å². The zero-order valence-electron chi connectivity index (χ0n) is 14.9. The van der Waals surface area contributed by atoms with E-state index in [1.54, 1.807) is 17.2 Å². The molecule has 142 valence electrons. The third-order valence-corrected chi connectivity index (χ3v) is 5.08. The van der Waals surface area contributed by atoms with Crippen molar-refractivity contribution >= 4 is 41.7 Å². The normalized spacial score (nSPS) is 23.6. The average Bonchev–Trinajstić information content (AvgIpc) is 3.42. The molecule has 0 saturated carbocycles. The van der Waals surface area contributed by atoms with Gasteiger partial charge in [-0.25, -0.2) is 4.99 Å². The van der Waals surface area contributed by atoms with Gasteiger partial charge >= 0.3 is 0 Å². The van der Waals surface area contributed by atoms with E-state index in [-0.39, 0.29) is 17.2 Å². The summed E-state index contributed by atoms with van der Waals surface area (Å²) in [5.74, 6) is 1.71. The molecule has 0 aliphatic carbocycles. The lowest BCUT2D eigenvalue weighted by atomic mass is 10.2. The number of hydrogen-bond acceptors (Lipinski definition) is 5. The molecule has 3 aliphatic heterocycles. The van der Waals surface area contributed by atoms with Crippen LogP contribution in [0.5, 0.6) is 5.75 Å². The fraction of sp³-hybridized carbons (Fsp3) is 0.444. The number of H-pyrrole nitrogens is 1. The number of aldehydes is 1. The number of alkyl halides is 1. The summed E-state index contributed by atoms with van der Waals surface area (Å²) >= 11 is 6.10. The van der Waals surface area contributed by atoms with Crippen LogP contribution >= 0.6 is 11.6 Å². The summed E-state index contributed by atoms with van der Waals surface area (Å²) in [4.78, 5) is 38.7. The maximum atomic E-state index is 12.6. The summed E-state index contributed by atoms with van der Waals surface area (Å²) in [6.45, 7) is 3.77. The molecule has 1 aromatic heterocycles. The molecule has 1 amide bonds. The van der Waals surface area contributed by atoms with Crippen LogP contribution in [0.25, 0.3) is 0 Å². The van der Waals surface area contributed by atoms with Gasteiger partial charge in [0.05, 0.1) is 23.8 Å². The lowest BCUT2D eigenvalue weighted by Gasteiger charge is -2.16. The van der Waals surface area contributed by atoms with E-state index in [1.807, 2.05) is 17.9 Å². The van der Waals surface area contributed by atoms with E-state index in [9.17, 15) is 9.59 Å². The zero-order chi connectivity index (χ0) is 19.0. The number of allylic oxidation sites excluding steroid dienone is 1. The number of aromatic nitrogens is 1. The van der Waals surface area contributed by atoms with Gasteiger partial charge in [0.1, 0.15) is 17.8 Å². The van der Waals surface area contributed by atoms with E-state index in [2.05, 4.69) is 15.0 Å². The van der Waals surface area contributed by atoms with Crippen LogP contribution in [-0.2, 0) is 4.79 Å². The molecule has 1 N–H and O–H groups in total. The van der Waals surface area contributed by atoms with Gasteiger partial charge in [-0.05, 0) is 6.42 Å². The quantitative estimate of drug-likeness (QED) is 0.614. The topological polar surface area (TPSA) is 90.4 Å². The van der Waals surface area contributed by atoms with E-state index >= 15 is 0 Å². The maximum Gasteiger partial charge on any atom is 0.270 e. The highest BCUT2D eigenvalue weighted by Gasteiger charge is 2.32. The highest BCUT2D eigenvalue weighted by Crippen LogP contribution is 2.37. The molecule has 1 saturated heterocycles. The van der Waals surface area contributed by atoms with Gasteiger partial charge in [-0.2, -0.15) is 0 Å². The number of carbonyl (C=O) groups excluding carboxylic acids is 2. The molecule has 0 spiro atoms. The fourth-order valence-electron chi connectivity index (χ4n) is 3.18. The largest absolute Gasteiger partial charge is 0.469 e. The second-order valence-electron chi connectivity index (χ2n) is 6.87. The molecule has 8 nitrogen and oxygen atoms in total. The second kappa shape index (κ2) is 7.19. The Hall–Kier alpha value is -2.61. The van der Waals surface area contributed by atoms with E-state index < -0.39 is 0 Å². The van der Waals surface area contributed by atoms with Crippen LogP contribution < -0.4 is 9.64 Å². The standard InChI is InChI=1S/C18H20ClN5O3/c1-11(9-25)6-20-16-4-13(7-21-16)24-10-27-15-5-14(22-17(15)24)18(26)23-3-2-12(19)8-23/h4-5,7,9,11-12,22H,2-3,6,8,10H2,1H3/b20-16-. The van der Waals surface area contributed by atoms with Gasteiger partial charge < -0.3 is 19.4 Å². The number of fused-ring (bicyclic) bond motifs is 1. The number of aromatic amines is 1. The van der Waals surface area contributed by atoms with Crippen molar-refractivity contribution in [2.45, 2.75) is 18.7 Å². The lowest BCUT2D eigenvalue weighted by Crippen LogP contribution is -2.29. The average molecular weight is 390 g/mol. The summed E-state index contributed by atoms with van der Waals surface area (Å²) in [5.41, 5.74) is 1.30. The van der Waals surface area contributed by atoms with E-state index in [1.165, 1.54) is 0 Å². The molecule has 4 rings (SSSR count). The molecular formula is C18H20ClN5O3. The highest BCUT2D eigenvalue weighted by atomic mass is 35.5. The molecule has 0 aromatic carbocycles. The Bertz CT molecular complexity index is 859. The van der Waals surface area contributed by atoms with Crippen LogP contribution in [0, 0.1) is 5.92 Å². The summed E-state index contributed by atoms with van der Waals surface area (Å²) in [7, 11) is 0. The predicted octanol–water partition coefficient (Wildman–Crippen LogP) is 1.83. The Balaban J connectivity index is 1.49. The zero-order valence-corrected chi connectivity index (χ0v) is 15.6. The van der Waals surface area contributed by atoms with Crippen molar-refractivity contribution < 1.29 is 14.3 Å². The summed E-state index contributed by atoms with van der Waals surface area (Å²) in [5, 5.41) is 0.0167. The molecule has 3 aliphatic rings. The van der Waals surface area contributed by atoms with Crippen molar-refractivity contribution in [1.29, 1.82) is 0 Å². The number of amidine groups is 1. The van der Waals surface area contributed by atoms with Gasteiger partial charge in [0.2, 0.25) is 0 Å². The molecule has 4 heterocycles. The molecule has 2 unspecified atom stereocenters. The number of rotatable bonds is 5. The Morgan fingerprint density at radius 1 is 1.59 bits per heavy atom. The number of hydrogen-bond donors (Lipinski definition) is 1. The molecule has 27 heavy (non-hydrogen) atoms. The number of nitrogens with one attached hydrogen (secondary N) is 1. The Morgan fingerprint density at radius 2 is 2.44 bits per heavy atom. The first-order chi connectivity index (χ1) is 13.0. The predicted molar refractivity (Wildman–Crippen MR) is 103 cm³/mol. The maximum absolute atomic E-state index is 12.6.